The summed E-state index contributed by atoms with van der Waals surface area (Å²) in [6.07, 6.45) is -0.304. The third kappa shape index (κ3) is 5.21. The number of halogens is 4. The van der Waals surface area contributed by atoms with Crippen molar-refractivity contribution in [3.8, 4) is 0 Å². The molecule has 2 atom stereocenters. The van der Waals surface area contributed by atoms with Crippen molar-refractivity contribution in [2.45, 2.75) is 37.6 Å². The summed E-state index contributed by atoms with van der Waals surface area (Å²) in [6.45, 7) is 0.904. The van der Waals surface area contributed by atoms with E-state index in [1.165, 1.54) is 5.01 Å². The van der Waals surface area contributed by atoms with E-state index in [0.29, 0.717) is 15.0 Å². The molecule has 2 aliphatic rings. The fourth-order valence-electron chi connectivity index (χ4n) is 4.12. The predicted molar refractivity (Wildman–Crippen MR) is 126 cm³/mol. The van der Waals surface area contributed by atoms with Crippen molar-refractivity contribution >= 4 is 44.4 Å². The Labute approximate surface area is 201 Å². The first-order valence-corrected chi connectivity index (χ1v) is 12.5. The third-order valence-electron chi connectivity index (χ3n) is 5.74. The molecule has 0 bridgehead atoms. The minimum Gasteiger partial charge on any atom is -0.233 e. The molecule has 2 aromatic carbocycles. The molecule has 0 spiro atoms. The van der Waals surface area contributed by atoms with E-state index in [1.807, 2.05) is 49.4 Å². The molecule has 2 aliphatic heterocycles. The average molecular weight is 515 g/mol. The topological polar surface area (TPSA) is 65.3 Å². The fourth-order valence-corrected chi connectivity index (χ4v) is 5.81. The summed E-state index contributed by atoms with van der Waals surface area (Å²) in [5, 5.41) is 6.09. The van der Waals surface area contributed by atoms with Gasteiger partial charge in [-0.05, 0) is 48.2 Å². The lowest BCUT2D eigenvalue weighted by molar-refractivity contribution is -0.0434. The Hall–Kier alpha value is -2.07. The van der Waals surface area contributed by atoms with Gasteiger partial charge in [0.1, 0.15) is 0 Å². The molecule has 176 valence electrons. The molecule has 2 aromatic rings. The molecule has 0 amide bonds. The van der Waals surface area contributed by atoms with E-state index in [-0.39, 0.29) is 31.3 Å². The first-order chi connectivity index (χ1) is 15.6. The van der Waals surface area contributed by atoms with Gasteiger partial charge in [-0.1, -0.05) is 54.1 Å². The maximum atomic E-state index is 13.8. The number of alkyl halides is 2. The number of hydrogen-bond acceptors (Lipinski definition) is 3. The molecule has 11 heteroatoms. The molecule has 2 heterocycles. The SMILES string of the molecule is C[C@H]1[C@@H](c2ccccc2)C(c2ccc(Cl)cc2)=NN1/C(Cl)=N\S(=O)(=O)N1CCCC(F)(F)C1. The minimum atomic E-state index is -4.40. The van der Waals surface area contributed by atoms with Gasteiger partial charge < -0.3 is 0 Å². The van der Waals surface area contributed by atoms with Crippen LogP contribution in [0.25, 0.3) is 0 Å². The van der Waals surface area contributed by atoms with Gasteiger partial charge in [-0.15, -0.1) is 4.40 Å². The Morgan fingerprint density at radius 2 is 1.82 bits per heavy atom. The lowest BCUT2D eigenvalue weighted by atomic mass is 9.86. The van der Waals surface area contributed by atoms with Gasteiger partial charge in [0.05, 0.1) is 24.2 Å². The van der Waals surface area contributed by atoms with Crippen molar-refractivity contribution in [2.75, 3.05) is 13.1 Å². The van der Waals surface area contributed by atoms with Crippen LogP contribution >= 0.6 is 23.2 Å². The van der Waals surface area contributed by atoms with Gasteiger partial charge in [-0.3, -0.25) is 0 Å². The van der Waals surface area contributed by atoms with E-state index >= 15 is 0 Å². The molecule has 4 rings (SSSR count). The molecule has 1 fully saturated rings. The van der Waals surface area contributed by atoms with Crippen LogP contribution in [0.4, 0.5) is 8.78 Å². The second-order valence-electron chi connectivity index (χ2n) is 8.10. The van der Waals surface area contributed by atoms with Crippen LogP contribution in [0.5, 0.6) is 0 Å². The van der Waals surface area contributed by atoms with Crippen LogP contribution in [0.3, 0.4) is 0 Å². The molecule has 0 unspecified atom stereocenters. The van der Waals surface area contributed by atoms with E-state index in [4.69, 9.17) is 23.2 Å². The second-order valence-corrected chi connectivity index (χ2v) is 10.5. The minimum absolute atomic E-state index is 0.0346. The van der Waals surface area contributed by atoms with Crippen LogP contribution in [0.1, 0.15) is 36.8 Å². The summed E-state index contributed by atoms with van der Waals surface area (Å²) in [4.78, 5) is 0. The number of rotatable bonds is 4. The third-order valence-corrected chi connectivity index (χ3v) is 7.72. The van der Waals surface area contributed by atoms with E-state index < -0.39 is 28.0 Å². The van der Waals surface area contributed by atoms with E-state index in [0.717, 1.165) is 11.1 Å². The molecule has 0 radical (unpaired) electrons. The van der Waals surface area contributed by atoms with Crippen LogP contribution in [0, 0.1) is 0 Å². The quantitative estimate of drug-likeness (QED) is 0.323. The highest BCUT2D eigenvalue weighted by atomic mass is 35.5. The average Bonchev–Trinajstić information content (AvgIpc) is 3.11. The number of hydrogen-bond donors (Lipinski definition) is 0. The highest BCUT2D eigenvalue weighted by Crippen LogP contribution is 2.36. The number of amidine groups is 1. The largest absolute Gasteiger partial charge is 0.325 e. The van der Waals surface area contributed by atoms with Crippen molar-refractivity contribution < 1.29 is 17.2 Å². The lowest BCUT2D eigenvalue weighted by Gasteiger charge is -2.30. The van der Waals surface area contributed by atoms with Crippen molar-refractivity contribution in [3.63, 3.8) is 0 Å². The zero-order valence-electron chi connectivity index (χ0n) is 17.7. The first kappa shape index (κ1) is 24.1. The molecular formula is C22H22Cl2F2N4O2S. The Morgan fingerprint density at radius 1 is 1.15 bits per heavy atom. The van der Waals surface area contributed by atoms with Gasteiger partial charge in [0.2, 0.25) is 5.29 Å². The molecule has 1 saturated heterocycles. The standard InChI is InChI=1S/C22H22Cl2F2N4O2S/c1-15-19(16-6-3-2-4-7-16)20(17-8-10-18(23)11-9-17)27-30(15)21(24)28-33(31,32)29-13-5-12-22(25,26)14-29/h2-4,6-11,15,19H,5,12-14H2,1H3/b28-21-/t15-,19-/m0/s1. The van der Waals surface area contributed by atoms with Crippen LogP contribution in [-0.4, -0.2) is 53.8 Å². The Bertz CT molecular complexity index is 1170. The van der Waals surface area contributed by atoms with Crippen LogP contribution in [0.15, 0.2) is 64.1 Å². The molecule has 6 nitrogen and oxygen atoms in total. The summed E-state index contributed by atoms with van der Waals surface area (Å²) in [5.41, 5.74) is 2.43. The Kier molecular flexibility index (Phi) is 6.77. The zero-order chi connectivity index (χ0) is 23.8. The zero-order valence-corrected chi connectivity index (χ0v) is 20.0. The molecular weight excluding hydrogens is 493 g/mol. The number of hydrazone groups is 1. The van der Waals surface area contributed by atoms with Crippen LogP contribution in [-0.2, 0) is 10.2 Å². The van der Waals surface area contributed by atoms with E-state index in [9.17, 15) is 17.2 Å². The van der Waals surface area contributed by atoms with Crippen molar-refractivity contribution in [1.82, 2.24) is 9.31 Å². The smallest absolute Gasteiger partial charge is 0.233 e. The summed E-state index contributed by atoms with van der Waals surface area (Å²) >= 11 is 12.4. The maximum Gasteiger partial charge on any atom is 0.325 e. The molecule has 33 heavy (non-hydrogen) atoms. The first-order valence-electron chi connectivity index (χ1n) is 10.4. The van der Waals surface area contributed by atoms with E-state index in [2.05, 4.69) is 9.50 Å². The van der Waals surface area contributed by atoms with Crippen molar-refractivity contribution in [1.29, 1.82) is 0 Å². The van der Waals surface area contributed by atoms with Gasteiger partial charge in [-0.25, -0.2) is 13.8 Å². The molecule has 0 aromatic heterocycles. The van der Waals surface area contributed by atoms with Gasteiger partial charge in [0, 0.05) is 18.0 Å². The highest BCUT2D eigenvalue weighted by molar-refractivity contribution is 7.88. The monoisotopic (exact) mass is 514 g/mol. The van der Waals surface area contributed by atoms with Crippen LogP contribution in [0.2, 0.25) is 5.02 Å². The Balaban J connectivity index is 1.70. The molecule has 0 saturated carbocycles. The van der Waals surface area contributed by atoms with E-state index in [1.54, 1.807) is 12.1 Å². The predicted octanol–water partition coefficient (Wildman–Crippen LogP) is 5.10. The summed E-state index contributed by atoms with van der Waals surface area (Å²) in [5.74, 6) is -3.33. The molecule has 0 aliphatic carbocycles. The fraction of sp³-hybridized carbons (Fsp3) is 0.364. The van der Waals surface area contributed by atoms with Gasteiger partial charge in [0.15, 0.2) is 0 Å². The number of nitrogens with zero attached hydrogens (tertiary/aromatic N) is 4. The van der Waals surface area contributed by atoms with Crippen molar-refractivity contribution in [3.05, 3.63) is 70.7 Å². The van der Waals surface area contributed by atoms with Gasteiger partial charge in [-0.2, -0.15) is 17.8 Å². The normalized spacial score (nSPS) is 24.1. The molecule has 0 N–H and O–H groups in total. The summed E-state index contributed by atoms with van der Waals surface area (Å²) in [6, 6.07) is 16.4. The Morgan fingerprint density at radius 3 is 2.45 bits per heavy atom. The number of piperidine rings is 1. The highest BCUT2D eigenvalue weighted by Gasteiger charge is 2.42. The maximum absolute atomic E-state index is 13.8. The van der Waals surface area contributed by atoms with Crippen molar-refractivity contribution in [2.24, 2.45) is 9.50 Å². The summed E-state index contributed by atoms with van der Waals surface area (Å²) in [7, 11) is -4.40. The lowest BCUT2D eigenvalue weighted by Crippen LogP contribution is -2.45. The van der Waals surface area contributed by atoms with Crippen LogP contribution < -0.4 is 0 Å². The number of benzene rings is 2. The second kappa shape index (κ2) is 9.29. The van der Waals surface area contributed by atoms with Gasteiger partial charge >= 0.3 is 10.2 Å². The van der Waals surface area contributed by atoms with Gasteiger partial charge in [0.25, 0.3) is 5.92 Å². The summed E-state index contributed by atoms with van der Waals surface area (Å²) < 4.78 is 57.3.